The monoisotopic (exact) mass is 391 g/mol. The van der Waals surface area contributed by atoms with Gasteiger partial charge in [0.25, 0.3) is 0 Å². The molecule has 0 unspecified atom stereocenters. The number of fused-ring (bicyclic) bond motifs is 2. The van der Waals surface area contributed by atoms with Crippen molar-refractivity contribution < 1.29 is 9.53 Å². The third-order valence-electron chi connectivity index (χ3n) is 5.27. The van der Waals surface area contributed by atoms with Crippen LogP contribution in [0.5, 0.6) is 11.5 Å². The van der Waals surface area contributed by atoms with E-state index in [4.69, 9.17) is 16.3 Å². The largest absolute Gasteiger partial charge is 0.457 e. The van der Waals surface area contributed by atoms with Crippen LogP contribution in [0.2, 0.25) is 5.02 Å². The highest BCUT2D eigenvalue weighted by atomic mass is 35.5. The summed E-state index contributed by atoms with van der Waals surface area (Å²) < 4.78 is 6.02. The molecule has 0 aromatic heterocycles. The molecule has 3 nitrogen and oxygen atoms in total. The van der Waals surface area contributed by atoms with Gasteiger partial charge in [0.2, 0.25) is 5.91 Å². The first-order chi connectivity index (χ1) is 13.6. The molecule has 1 aliphatic rings. The smallest absolute Gasteiger partial charge is 0.236 e. The average molecular weight is 392 g/mol. The Hall–Kier alpha value is -2.78. The van der Waals surface area contributed by atoms with Gasteiger partial charge in [-0.2, -0.15) is 0 Å². The second-order valence-corrected chi connectivity index (χ2v) is 7.27. The van der Waals surface area contributed by atoms with Gasteiger partial charge in [-0.15, -0.1) is 0 Å². The van der Waals surface area contributed by atoms with Crippen molar-refractivity contribution in [3.05, 3.63) is 87.9 Å². The molecule has 4 rings (SSSR count). The second-order valence-electron chi connectivity index (χ2n) is 6.87. The Morgan fingerprint density at radius 3 is 2.11 bits per heavy atom. The first-order valence-electron chi connectivity index (χ1n) is 9.60. The molecule has 4 heteroatoms. The van der Waals surface area contributed by atoms with Crippen LogP contribution in [-0.2, 0) is 17.6 Å². The predicted octanol–water partition coefficient (Wildman–Crippen LogP) is 6.34. The minimum absolute atomic E-state index is 0.0742. The number of para-hydroxylation sites is 2. The van der Waals surface area contributed by atoms with Crippen LogP contribution in [0.1, 0.15) is 42.0 Å². The fraction of sp³-hybridized carbons (Fsp3) is 0.208. The summed E-state index contributed by atoms with van der Waals surface area (Å²) in [5.74, 6) is 0.933. The fourth-order valence-corrected chi connectivity index (χ4v) is 4.15. The molecule has 1 aliphatic heterocycles. The highest BCUT2D eigenvalue weighted by Gasteiger charge is 2.33. The standard InChI is InChI=1S/C24H22ClNO2/c1-3-15-13-14-19(25)16(4-2)23(15)26-24(27)22-17-9-5-7-11-20(17)28-21-12-8-6-10-18(21)22/h5-14,22H,3-4H2,1-2H3,(H,26,27). The lowest BCUT2D eigenvalue weighted by atomic mass is 9.87. The van der Waals surface area contributed by atoms with Crippen LogP contribution >= 0.6 is 11.6 Å². The molecule has 3 aromatic carbocycles. The first-order valence-corrected chi connectivity index (χ1v) is 9.98. The fourth-order valence-electron chi connectivity index (χ4n) is 3.85. The van der Waals surface area contributed by atoms with E-state index in [0.29, 0.717) is 5.02 Å². The molecular weight excluding hydrogens is 370 g/mol. The average Bonchev–Trinajstić information content (AvgIpc) is 2.72. The summed E-state index contributed by atoms with van der Waals surface area (Å²) in [6.45, 7) is 4.13. The Kier molecular flexibility index (Phi) is 5.10. The number of benzene rings is 3. The van der Waals surface area contributed by atoms with E-state index in [1.54, 1.807) is 0 Å². The lowest BCUT2D eigenvalue weighted by Gasteiger charge is -2.28. The summed E-state index contributed by atoms with van der Waals surface area (Å²) in [5.41, 5.74) is 4.64. The van der Waals surface area contributed by atoms with Gasteiger partial charge in [-0.1, -0.05) is 67.9 Å². The number of amides is 1. The van der Waals surface area contributed by atoms with Gasteiger partial charge in [0.15, 0.2) is 0 Å². The van der Waals surface area contributed by atoms with Gasteiger partial charge in [-0.25, -0.2) is 0 Å². The van der Waals surface area contributed by atoms with Crippen LogP contribution < -0.4 is 10.1 Å². The lowest BCUT2D eigenvalue weighted by Crippen LogP contribution is -2.26. The third kappa shape index (κ3) is 3.16. The van der Waals surface area contributed by atoms with Gasteiger partial charge in [-0.05, 0) is 42.2 Å². The molecule has 0 bridgehead atoms. The van der Waals surface area contributed by atoms with Crippen molar-refractivity contribution >= 4 is 23.2 Å². The van der Waals surface area contributed by atoms with Crippen LogP contribution in [0.15, 0.2) is 60.7 Å². The molecule has 1 N–H and O–H groups in total. The zero-order valence-corrected chi connectivity index (χ0v) is 16.7. The quantitative estimate of drug-likeness (QED) is 0.563. The van der Waals surface area contributed by atoms with E-state index in [0.717, 1.165) is 52.3 Å². The number of carbonyl (C=O) groups is 1. The Morgan fingerprint density at radius 1 is 0.929 bits per heavy atom. The lowest BCUT2D eigenvalue weighted by molar-refractivity contribution is -0.116. The highest BCUT2D eigenvalue weighted by Crippen LogP contribution is 2.44. The van der Waals surface area contributed by atoms with Gasteiger partial charge >= 0.3 is 0 Å². The number of ether oxygens (including phenoxy) is 1. The molecule has 0 atom stereocenters. The summed E-state index contributed by atoms with van der Waals surface area (Å²) in [5, 5.41) is 3.88. The minimum atomic E-state index is -0.436. The first kappa shape index (κ1) is 18.6. The van der Waals surface area contributed by atoms with Crippen LogP contribution in [-0.4, -0.2) is 5.91 Å². The molecule has 0 saturated carbocycles. The van der Waals surface area contributed by atoms with E-state index < -0.39 is 5.92 Å². The van der Waals surface area contributed by atoms with Crippen molar-refractivity contribution in [3.63, 3.8) is 0 Å². The number of rotatable bonds is 4. The third-order valence-corrected chi connectivity index (χ3v) is 5.62. The topological polar surface area (TPSA) is 38.3 Å². The van der Waals surface area contributed by atoms with Crippen LogP contribution in [0, 0.1) is 0 Å². The van der Waals surface area contributed by atoms with Gasteiger partial charge in [0.1, 0.15) is 11.5 Å². The number of nitrogens with one attached hydrogen (secondary N) is 1. The summed E-state index contributed by atoms with van der Waals surface area (Å²) in [4.78, 5) is 13.5. The Balaban J connectivity index is 1.79. The zero-order chi connectivity index (χ0) is 19.7. The molecule has 0 saturated heterocycles. The molecule has 142 valence electrons. The predicted molar refractivity (Wildman–Crippen MR) is 114 cm³/mol. The number of anilines is 1. The molecule has 0 radical (unpaired) electrons. The molecule has 0 aliphatic carbocycles. The van der Waals surface area contributed by atoms with E-state index in [1.807, 2.05) is 60.7 Å². The Bertz CT molecular complexity index is 999. The SMILES string of the molecule is CCc1ccc(Cl)c(CC)c1NC(=O)C1c2ccccc2Oc2ccccc21. The van der Waals surface area contributed by atoms with Gasteiger partial charge < -0.3 is 10.1 Å². The second kappa shape index (κ2) is 7.69. The van der Waals surface area contributed by atoms with Crippen molar-refractivity contribution in [2.24, 2.45) is 0 Å². The van der Waals surface area contributed by atoms with Crippen molar-refractivity contribution in [3.8, 4) is 11.5 Å². The maximum atomic E-state index is 13.5. The maximum absolute atomic E-state index is 13.5. The van der Waals surface area contributed by atoms with Crippen molar-refractivity contribution in [1.29, 1.82) is 0 Å². The Morgan fingerprint density at radius 2 is 1.54 bits per heavy atom. The summed E-state index contributed by atoms with van der Waals surface area (Å²) in [6.07, 6.45) is 1.57. The van der Waals surface area contributed by atoms with Crippen molar-refractivity contribution in [1.82, 2.24) is 0 Å². The van der Waals surface area contributed by atoms with Gasteiger partial charge in [0.05, 0.1) is 5.92 Å². The summed E-state index contributed by atoms with van der Waals surface area (Å²) in [6, 6.07) is 19.3. The Labute approximate surface area is 170 Å². The molecule has 3 aromatic rings. The highest BCUT2D eigenvalue weighted by molar-refractivity contribution is 6.32. The number of halogens is 1. The number of hydrogen-bond acceptors (Lipinski definition) is 2. The molecule has 0 fully saturated rings. The number of hydrogen-bond donors (Lipinski definition) is 1. The zero-order valence-electron chi connectivity index (χ0n) is 16.0. The number of carbonyl (C=O) groups excluding carboxylic acids is 1. The summed E-state index contributed by atoms with van der Waals surface area (Å²) in [7, 11) is 0. The minimum Gasteiger partial charge on any atom is -0.457 e. The molecular formula is C24H22ClNO2. The van der Waals surface area contributed by atoms with E-state index in [-0.39, 0.29) is 5.91 Å². The van der Waals surface area contributed by atoms with E-state index in [1.165, 1.54) is 0 Å². The molecule has 0 spiro atoms. The maximum Gasteiger partial charge on any atom is 0.236 e. The molecule has 1 amide bonds. The van der Waals surface area contributed by atoms with Crippen LogP contribution in [0.3, 0.4) is 0 Å². The van der Waals surface area contributed by atoms with E-state index >= 15 is 0 Å². The van der Waals surface area contributed by atoms with E-state index in [2.05, 4.69) is 19.2 Å². The summed E-state index contributed by atoms with van der Waals surface area (Å²) >= 11 is 6.42. The van der Waals surface area contributed by atoms with Gasteiger partial charge in [0, 0.05) is 21.8 Å². The molecule has 28 heavy (non-hydrogen) atoms. The van der Waals surface area contributed by atoms with Crippen molar-refractivity contribution in [2.45, 2.75) is 32.6 Å². The molecule has 1 heterocycles. The normalized spacial score (nSPS) is 12.7. The van der Waals surface area contributed by atoms with Crippen LogP contribution in [0.4, 0.5) is 5.69 Å². The van der Waals surface area contributed by atoms with Gasteiger partial charge in [-0.3, -0.25) is 4.79 Å². The van der Waals surface area contributed by atoms with Crippen LogP contribution in [0.25, 0.3) is 0 Å². The van der Waals surface area contributed by atoms with E-state index in [9.17, 15) is 4.79 Å². The number of aryl methyl sites for hydroxylation is 1. The van der Waals surface area contributed by atoms with Crippen molar-refractivity contribution in [2.75, 3.05) is 5.32 Å².